The first kappa shape index (κ1) is 20.9. The van der Waals surface area contributed by atoms with E-state index in [0.717, 1.165) is 51.1 Å². The summed E-state index contributed by atoms with van der Waals surface area (Å²) in [5, 5.41) is 8.02. The Hall–Kier alpha value is -1.86. The normalized spacial score (nSPS) is 23.6. The van der Waals surface area contributed by atoms with Crippen molar-refractivity contribution in [2.75, 3.05) is 26.2 Å². The maximum absolute atomic E-state index is 13.3. The summed E-state index contributed by atoms with van der Waals surface area (Å²) < 4.78 is 1.80. The number of H-pyrrole nitrogens is 1. The highest BCUT2D eigenvalue weighted by molar-refractivity contribution is 6.01. The molecule has 2 N–H and O–H groups in total. The van der Waals surface area contributed by atoms with E-state index in [0.29, 0.717) is 28.7 Å². The van der Waals surface area contributed by atoms with Crippen LogP contribution in [0.4, 0.5) is 0 Å². The number of rotatable bonds is 2. The topological polar surface area (TPSA) is 82.5 Å². The molecule has 8 heteroatoms. The summed E-state index contributed by atoms with van der Waals surface area (Å²) >= 11 is 0. The Morgan fingerprint density at radius 1 is 1.18 bits per heavy atom. The van der Waals surface area contributed by atoms with Gasteiger partial charge in [0.1, 0.15) is 11.2 Å². The number of carbonyl (C=O) groups excluding carboxylic acids is 1. The molecule has 0 saturated carbocycles. The molecule has 0 aromatic carbocycles. The Bertz CT molecular complexity index is 905. The molecule has 2 saturated heterocycles. The third kappa shape index (κ3) is 3.82. The molecule has 7 nitrogen and oxygen atoms in total. The molecule has 2 aromatic heterocycles. The van der Waals surface area contributed by atoms with Crippen LogP contribution in [0.2, 0.25) is 0 Å². The van der Waals surface area contributed by atoms with Crippen LogP contribution in [0, 0.1) is 18.8 Å². The average molecular weight is 408 g/mol. The summed E-state index contributed by atoms with van der Waals surface area (Å²) in [6, 6.07) is 1.65. The smallest absolute Gasteiger partial charge is 0.259 e. The van der Waals surface area contributed by atoms with Gasteiger partial charge < -0.3 is 15.2 Å². The lowest BCUT2D eigenvalue weighted by molar-refractivity contribution is 0.0624. The summed E-state index contributed by atoms with van der Waals surface area (Å²) in [6.07, 6.45) is 3.10. The number of nitrogens with one attached hydrogen (secondary N) is 2. The second-order valence-corrected chi connectivity index (χ2v) is 8.46. The molecule has 2 aliphatic rings. The summed E-state index contributed by atoms with van der Waals surface area (Å²) in [4.78, 5) is 30.5. The monoisotopic (exact) mass is 407 g/mol. The van der Waals surface area contributed by atoms with Gasteiger partial charge in [-0.05, 0) is 51.1 Å². The number of halogens is 1. The van der Waals surface area contributed by atoms with Gasteiger partial charge in [0, 0.05) is 25.1 Å². The number of fused-ring (bicyclic) bond motifs is 1. The number of nitrogens with zero attached hydrogens (tertiary/aromatic N) is 3. The molecule has 4 heterocycles. The maximum Gasteiger partial charge on any atom is 0.259 e. The van der Waals surface area contributed by atoms with Crippen molar-refractivity contribution in [3.05, 3.63) is 33.4 Å². The van der Waals surface area contributed by atoms with Crippen molar-refractivity contribution in [3.63, 3.8) is 0 Å². The van der Waals surface area contributed by atoms with Gasteiger partial charge in [-0.25, -0.2) is 4.52 Å². The SMILES string of the molecule is Cc1nn2c(C3CCNCC3)cc(=O)[nH]c2c1C(=O)N1CC(C)CC(C)C1.Cl. The van der Waals surface area contributed by atoms with Crippen molar-refractivity contribution in [2.24, 2.45) is 11.8 Å². The van der Waals surface area contributed by atoms with Crippen molar-refractivity contribution in [3.8, 4) is 0 Å². The molecular formula is C20H30ClN5O2. The highest BCUT2D eigenvalue weighted by Gasteiger charge is 2.30. The molecule has 2 aromatic rings. The van der Waals surface area contributed by atoms with Crippen LogP contribution in [-0.2, 0) is 0 Å². The van der Waals surface area contributed by atoms with Gasteiger partial charge >= 0.3 is 0 Å². The van der Waals surface area contributed by atoms with Gasteiger partial charge in [-0.2, -0.15) is 5.10 Å². The van der Waals surface area contributed by atoms with Crippen molar-refractivity contribution in [2.45, 2.75) is 46.0 Å². The fourth-order valence-electron chi connectivity index (χ4n) is 4.83. The van der Waals surface area contributed by atoms with E-state index in [9.17, 15) is 9.59 Å². The van der Waals surface area contributed by atoms with Crippen LogP contribution < -0.4 is 10.9 Å². The molecular weight excluding hydrogens is 378 g/mol. The minimum absolute atomic E-state index is 0. The maximum atomic E-state index is 13.3. The molecule has 2 fully saturated rings. The second-order valence-electron chi connectivity index (χ2n) is 8.46. The summed E-state index contributed by atoms with van der Waals surface area (Å²) in [5.41, 5.74) is 2.53. The van der Waals surface area contributed by atoms with Gasteiger partial charge in [0.25, 0.3) is 11.5 Å². The number of amides is 1. The van der Waals surface area contributed by atoms with Crippen LogP contribution in [0.15, 0.2) is 10.9 Å². The van der Waals surface area contributed by atoms with E-state index in [-0.39, 0.29) is 29.8 Å². The summed E-state index contributed by atoms with van der Waals surface area (Å²) in [5.74, 6) is 1.25. The number of piperidine rings is 2. The van der Waals surface area contributed by atoms with Crippen molar-refractivity contribution >= 4 is 24.0 Å². The Balaban J connectivity index is 0.00000225. The largest absolute Gasteiger partial charge is 0.338 e. The first-order chi connectivity index (χ1) is 12.9. The molecule has 1 amide bonds. The van der Waals surface area contributed by atoms with Gasteiger partial charge in [-0.15, -0.1) is 12.4 Å². The lowest BCUT2D eigenvalue weighted by Crippen LogP contribution is -2.42. The Kier molecular flexibility index (Phi) is 6.15. The minimum atomic E-state index is -0.162. The zero-order valence-corrected chi connectivity index (χ0v) is 17.6. The number of carbonyl (C=O) groups is 1. The standard InChI is InChI=1S/C20H29N5O2.ClH/c1-12-8-13(2)11-24(10-12)20(27)18-14(3)23-25-16(9-17(26)22-19(18)25)15-4-6-21-7-5-15;/h9,12-13,15,21H,4-8,10-11H2,1-3H3,(H,22,26);1H. The lowest BCUT2D eigenvalue weighted by Gasteiger charge is -2.35. The van der Waals surface area contributed by atoms with E-state index in [1.165, 1.54) is 0 Å². The van der Waals surface area contributed by atoms with E-state index >= 15 is 0 Å². The highest BCUT2D eigenvalue weighted by atomic mass is 35.5. The lowest BCUT2D eigenvalue weighted by atomic mass is 9.91. The first-order valence-electron chi connectivity index (χ1n) is 10.1. The summed E-state index contributed by atoms with van der Waals surface area (Å²) in [6.45, 7) is 9.65. The zero-order valence-electron chi connectivity index (χ0n) is 16.8. The second kappa shape index (κ2) is 8.25. The molecule has 4 rings (SSSR count). The number of aryl methyl sites for hydroxylation is 1. The fourth-order valence-corrected chi connectivity index (χ4v) is 4.83. The zero-order chi connectivity index (χ0) is 19.1. The molecule has 0 radical (unpaired) electrons. The molecule has 0 bridgehead atoms. The number of aromatic amines is 1. The number of hydrogen-bond acceptors (Lipinski definition) is 4. The molecule has 0 spiro atoms. The van der Waals surface area contributed by atoms with E-state index in [1.54, 1.807) is 10.6 Å². The van der Waals surface area contributed by atoms with E-state index in [1.807, 2.05) is 11.8 Å². The molecule has 154 valence electrons. The Morgan fingerprint density at radius 3 is 2.46 bits per heavy atom. The first-order valence-corrected chi connectivity index (χ1v) is 10.1. The van der Waals surface area contributed by atoms with E-state index < -0.39 is 0 Å². The fraction of sp³-hybridized carbons (Fsp3) is 0.650. The summed E-state index contributed by atoms with van der Waals surface area (Å²) in [7, 11) is 0. The number of likely N-dealkylation sites (tertiary alicyclic amines) is 1. The van der Waals surface area contributed by atoms with Gasteiger partial charge in [0.05, 0.1) is 11.4 Å². The van der Waals surface area contributed by atoms with Gasteiger partial charge in [-0.3, -0.25) is 9.59 Å². The predicted molar refractivity (Wildman–Crippen MR) is 111 cm³/mol. The third-order valence-electron chi connectivity index (χ3n) is 5.95. The van der Waals surface area contributed by atoms with Crippen LogP contribution in [0.25, 0.3) is 5.65 Å². The Labute approximate surface area is 171 Å². The van der Waals surface area contributed by atoms with Crippen LogP contribution in [0.1, 0.15) is 60.8 Å². The van der Waals surface area contributed by atoms with Crippen LogP contribution in [0.3, 0.4) is 0 Å². The van der Waals surface area contributed by atoms with Crippen LogP contribution >= 0.6 is 12.4 Å². The van der Waals surface area contributed by atoms with E-state index in [2.05, 4.69) is 29.2 Å². The van der Waals surface area contributed by atoms with Gasteiger partial charge in [0.15, 0.2) is 0 Å². The van der Waals surface area contributed by atoms with Gasteiger partial charge in [-0.1, -0.05) is 13.8 Å². The predicted octanol–water partition coefficient (Wildman–Crippen LogP) is 2.34. The molecule has 0 aliphatic carbocycles. The van der Waals surface area contributed by atoms with Crippen molar-refractivity contribution < 1.29 is 4.79 Å². The number of aromatic nitrogens is 3. The van der Waals surface area contributed by atoms with E-state index in [4.69, 9.17) is 0 Å². The quantitative estimate of drug-likeness (QED) is 0.800. The van der Waals surface area contributed by atoms with Crippen molar-refractivity contribution in [1.29, 1.82) is 0 Å². The molecule has 2 unspecified atom stereocenters. The van der Waals surface area contributed by atoms with Crippen LogP contribution in [0.5, 0.6) is 0 Å². The van der Waals surface area contributed by atoms with Crippen LogP contribution in [-0.4, -0.2) is 51.6 Å². The number of hydrogen-bond donors (Lipinski definition) is 2. The average Bonchev–Trinajstić information content (AvgIpc) is 2.96. The molecule has 2 atom stereocenters. The van der Waals surface area contributed by atoms with Crippen molar-refractivity contribution in [1.82, 2.24) is 24.8 Å². The Morgan fingerprint density at radius 2 is 1.82 bits per heavy atom. The van der Waals surface area contributed by atoms with Gasteiger partial charge in [0.2, 0.25) is 0 Å². The third-order valence-corrected chi connectivity index (χ3v) is 5.95. The molecule has 28 heavy (non-hydrogen) atoms. The molecule has 2 aliphatic heterocycles. The highest BCUT2D eigenvalue weighted by Crippen LogP contribution is 2.28. The minimum Gasteiger partial charge on any atom is -0.338 e.